The summed E-state index contributed by atoms with van der Waals surface area (Å²) >= 11 is 0. The van der Waals surface area contributed by atoms with Crippen molar-refractivity contribution in [3.8, 4) is 0 Å². The van der Waals surface area contributed by atoms with Crippen molar-refractivity contribution in [2.24, 2.45) is 0 Å². The molecular formula is C42H105Si15. The predicted octanol–water partition coefficient (Wildman–Crippen LogP) is 14.7. The summed E-state index contributed by atoms with van der Waals surface area (Å²) in [6.45, 7) is 109. The van der Waals surface area contributed by atoms with Gasteiger partial charge in [-0.15, -0.1) is 0 Å². The lowest BCUT2D eigenvalue weighted by Crippen LogP contribution is -3.26. The third-order valence-electron chi connectivity index (χ3n) is 25.8. The zero-order valence-electron chi connectivity index (χ0n) is 46.0. The molecule has 0 spiro atoms. The molecule has 6 rings (SSSR count). The smallest absolute Gasteiger partial charge is 0.0374 e. The van der Waals surface area contributed by atoms with Crippen LogP contribution in [0.15, 0.2) is 0 Å². The molecule has 6 fully saturated rings. The molecule has 7 unspecified atom stereocenters. The molecule has 0 bridgehead atoms. The fourth-order valence-corrected chi connectivity index (χ4v) is 2190. The van der Waals surface area contributed by atoms with Gasteiger partial charge in [0.05, 0.1) is 0 Å². The van der Waals surface area contributed by atoms with E-state index < -0.39 is 96.1 Å². The Hall–Kier alpha value is 3.25. The molecule has 6 saturated heterocycles. The van der Waals surface area contributed by atoms with E-state index in [0.29, 0.717) is 35.3 Å². The summed E-state index contributed by atoms with van der Waals surface area (Å²) in [4.78, 5) is 0. The first-order valence-electron chi connectivity index (χ1n) is 24.0. The molecule has 333 valence electrons. The highest BCUT2D eigenvalue weighted by Gasteiger charge is 3.40. The second-order valence-corrected chi connectivity index (χ2v) is 238. The monoisotopic (exact) mass is 1030 g/mol. The zero-order chi connectivity index (χ0) is 46.1. The molecule has 0 amide bonds. The van der Waals surface area contributed by atoms with Crippen molar-refractivity contribution in [1.29, 1.82) is 0 Å². The maximum atomic E-state index is 3.37. The average molecular weight is 1030 g/mol. The summed E-state index contributed by atoms with van der Waals surface area (Å²) in [5.74, 6) is 0. The summed E-state index contributed by atoms with van der Waals surface area (Å²) in [6, 6.07) is 0. The van der Waals surface area contributed by atoms with Crippen molar-refractivity contribution in [2.75, 3.05) is 0 Å². The van der Waals surface area contributed by atoms with Crippen molar-refractivity contribution < 1.29 is 0 Å². The van der Waals surface area contributed by atoms with Crippen LogP contribution in [0, 0.1) is 0 Å². The standard InChI is InChI=1S/C42H105Si15/c1-36(2,3)44(22,23)51-43-52(51,45(24,25)37(4,5)6)55(48(30,31)40(13,14)15)56(49(32,33)41(16,17)18)53(43,46(26,27)38(7,8)9)54(51,47(28,29)39(10,11)12)57(55,56)50(34,35)42(19,20)21/h1-35H3. The van der Waals surface area contributed by atoms with Gasteiger partial charge in [0.25, 0.3) is 0 Å². The fourth-order valence-electron chi connectivity index (χ4n) is 18.8. The molecule has 1 radical (unpaired) electrons. The van der Waals surface area contributed by atoms with Crippen LogP contribution in [0.3, 0.4) is 0 Å². The van der Waals surface area contributed by atoms with Gasteiger partial charge in [0.15, 0.2) is 0 Å². The summed E-state index contributed by atoms with van der Waals surface area (Å²) in [6.07, 6.45) is -11.5. The van der Waals surface area contributed by atoms with E-state index in [1.165, 1.54) is 0 Å². The number of rotatable bonds is 7. The van der Waals surface area contributed by atoms with Crippen molar-refractivity contribution in [3.63, 3.8) is 0 Å². The van der Waals surface area contributed by atoms with Crippen LogP contribution in [0.25, 0.3) is 0 Å². The zero-order valence-corrected chi connectivity index (χ0v) is 61.0. The van der Waals surface area contributed by atoms with E-state index in [-0.39, 0.29) is 7.35 Å². The van der Waals surface area contributed by atoms with Gasteiger partial charge in [-0.1, -0.05) is 237 Å². The van der Waals surface area contributed by atoms with Gasteiger partial charge in [-0.3, -0.25) is 0 Å². The van der Waals surface area contributed by atoms with Gasteiger partial charge in [0.2, 0.25) is 0 Å². The Balaban J connectivity index is 2.48. The quantitative estimate of drug-likeness (QED) is 0.223. The third-order valence-corrected chi connectivity index (χ3v) is 710. The van der Waals surface area contributed by atoms with Gasteiger partial charge in [-0.2, -0.15) is 0 Å². The van der Waals surface area contributed by atoms with Crippen LogP contribution in [-0.4, -0.2) is 103 Å². The van der Waals surface area contributed by atoms with Crippen molar-refractivity contribution in [2.45, 2.75) is 272 Å². The number of hydrogen-bond acceptors (Lipinski definition) is 0. The average Bonchev–Trinajstić information content (AvgIpc) is 3.64. The summed E-state index contributed by atoms with van der Waals surface area (Å²) in [7, 11) is -12.3. The van der Waals surface area contributed by atoms with Crippen molar-refractivity contribution >= 4 is 103 Å². The topological polar surface area (TPSA) is 0 Å². The second kappa shape index (κ2) is 11.5. The SMILES string of the molecule is CC(C)(C)[Si](C)(C)[Si]12[Si]3[Si]1([Si](C)(C)C(C)(C)C)[Si]1([Si](C)(C)C(C)(C)C)[Si]4([Si](C)(C)C(C)(C)C)[Si]3([Si](C)(C)C(C)(C)C)[Si]2([Si](C)(C)C(C)(C)C)[Si]14[Si](C)(C)C(C)(C)C. The predicted molar refractivity (Wildman–Crippen MR) is 306 cm³/mol. The van der Waals surface area contributed by atoms with Crippen LogP contribution in [0.5, 0.6) is 0 Å². The minimum absolute atomic E-state index is 0.229. The van der Waals surface area contributed by atoms with E-state index in [4.69, 9.17) is 0 Å². The minimum Gasteiger partial charge on any atom is -0.0715 e. The van der Waals surface area contributed by atoms with Gasteiger partial charge in [0, 0.05) is 103 Å². The van der Waals surface area contributed by atoms with E-state index in [2.05, 4.69) is 237 Å². The van der Waals surface area contributed by atoms with E-state index >= 15 is 0 Å². The first-order valence-corrected chi connectivity index (χ1v) is 79.5. The molecule has 6 heterocycles. The molecular weight excluding hydrogens is 926 g/mol. The molecule has 0 aliphatic carbocycles. The normalized spacial score (nSPS) is 38.2. The minimum atomic E-state index is -1.76. The number of hydrogen-bond donors (Lipinski definition) is 0. The lowest BCUT2D eigenvalue weighted by molar-refractivity contribution is 0.729. The van der Waals surface area contributed by atoms with Crippen LogP contribution in [0.1, 0.15) is 145 Å². The largest absolute Gasteiger partial charge is 0.0715 e. The summed E-state index contributed by atoms with van der Waals surface area (Å²) < 4.78 is 0. The molecule has 0 aromatic heterocycles. The molecule has 15 heteroatoms. The van der Waals surface area contributed by atoms with E-state index in [1.807, 2.05) is 0 Å². The maximum absolute atomic E-state index is 3.37. The molecule has 0 aromatic carbocycles. The summed E-state index contributed by atoms with van der Waals surface area (Å²) in [5, 5.41) is 3.94. The second-order valence-electron chi connectivity index (χ2n) is 32.8. The van der Waals surface area contributed by atoms with E-state index in [9.17, 15) is 0 Å². The van der Waals surface area contributed by atoms with Gasteiger partial charge in [-0.25, -0.2) is 0 Å². The highest BCUT2D eigenvalue weighted by atomic mass is 31.4. The molecule has 0 nitrogen and oxygen atoms in total. The van der Waals surface area contributed by atoms with Gasteiger partial charge in [-0.05, 0) is 35.3 Å². The van der Waals surface area contributed by atoms with Crippen LogP contribution in [0.4, 0.5) is 0 Å². The van der Waals surface area contributed by atoms with Gasteiger partial charge < -0.3 is 0 Å². The molecule has 7 atom stereocenters. The van der Waals surface area contributed by atoms with Crippen LogP contribution in [-0.2, 0) is 0 Å². The first-order chi connectivity index (χ1) is 24.1. The fraction of sp³-hybridized carbons (Fsp3) is 1.00. The highest BCUT2D eigenvalue weighted by molar-refractivity contribution is 9.08. The Kier molecular flexibility index (Phi) is 10.3. The molecule has 57 heavy (non-hydrogen) atoms. The Morgan fingerprint density at radius 1 is 0.211 bits per heavy atom. The van der Waals surface area contributed by atoms with Gasteiger partial charge >= 0.3 is 0 Å². The molecule has 0 N–H and O–H groups in total. The van der Waals surface area contributed by atoms with E-state index in [0.717, 1.165) is 0 Å². The Morgan fingerprint density at radius 2 is 0.368 bits per heavy atom. The van der Waals surface area contributed by atoms with Crippen molar-refractivity contribution in [1.82, 2.24) is 0 Å². The Labute approximate surface area is 372 Å². The lowest BCUT2D eigenvalue weighted by atomic mass is 10.2. The Bertz CT molecular complexity index is 1700. The van der Waals surface area contributed by atoms with Gasteiger partial charge in [0.1, 0.15) is 0 Å². The third kappa shape index (κ3) is 3.86. The van der Waals surface area contributed by atoms with E-state index in [1.54, 1.807) is 0 Å². The first kappa shape index (κ1) is 51.2. The van der Waals surface area contributed by atoms with Crippen LogP contribution in [0.2, 0.25) is 127 Å². The molecule has 0 saturated carbocycles. The molecule has 6 aliphatic heterocycles. The highest BCUT2D eigenvalue weighted by Crippen LogP contribution is 3.06. The van der Waals surface area contributed by atoms with Crippen LogP contribution >= 0.6 is 0 Å². The van der Waals surface area contributed by atoms with Crippen molar-refractivity contribution in [3.05, 3.63) is 0 Å². The lowest BCUT2D eigenvalue weighted by Gasteiger charge is -2.93. The summed E-state index contributed by atoms with van der Waals surface area (Å²) in [5.41, 5.74) is 0. The Morgan fingerprint density at radius 3 is 0.596 bits per heavy atom. The molecule has 0 aromatic rings. The molecule has 6 aliphatic rings. The maximum Gasteiger partial charge on any atom is 0.0374 e. The van der Waals surface area contributed by atoms with Crippen LogP contribution < -0.4 is 0 Å².